The molecule has 3 aromatic rings. The molecule has 6 nitrogen and oxygen atoms in total. The molecule has 28 heavy (non-hydrogen) atoms. The molecule has 0 N–H and O–H groups in total. The van der Waals surface area contributed by atoms with Crippen LogP contribution in [-0.4, -0.2) is 40.6 Å². The van der Waals surface area contributed by atoms with Gasteiger partial charge in [-0.2, -0.15) is 4.98 Å². The smallest absolute Gasteiger partial charge is 0.260 e. The van der Waals surface area contributed by atoms with E-state index >= 15 is 0 Å². The molecule has 0 spiro atoms. The van der Waals surface area contributed by atoms with E-state index in [4.69, 9.17) is 9.26 Å². The number of benzene rings is 2. The van der Waals surface area contributed by atoms with Crippen molar-refractivity contribution in [3.63, 3.8) is 0 Å². The van der Waals surface area contributed by atoms with Crippen LogP contribution in [0.1, 0.15) is 30.2 Å². The molecule has 144 valence electrons. The Morgan fingerprint density at radius 1 is 1.21 bits per heavy atom. The van der Waals surface area contributed by atoms with Crippen LogP contribution in [0.15, 0.2) is 59.1 Å². The Morgan fingerprint density at radius 3 is 2.89 bits per heavy atom. The Bertz CT molecular complexity index is 939. The molecule has 6 heteroatoms. The molecule has 0 saturated carbocycles. The number of aromatic nitrogens is 2. The SMILES string of the molecule is Cc1cccc(-c2noc(C3CCCN(C(=O)COc4ccccc4)C3)n2)c1. The second-order valence-corrected chi connectivity index (χ2v) is 7.11. The monoisotopic (exact) mass is 377 g/mol. The van der Waals surface area contributed by atoms with Crippen molar-refractivity contribution in [1.82, 2.24) is 15.0 Å². The summed E-state index contributed by atoms with van der Waals surface area (Å²) in [5.74, 6) is 1.92. The number of likely N-dealkylation sites (tertiary alicyclic amines) is 1. The molecule has 2 aromatic carbocycles. The van der Waals surface area contributed by atoms with Crippen molar-refractivity contribution < 1.29 is 14.1 Å². The van der Waals surface area contributed by atoms with Gasteiger partial charge in [0, 0.05) is 18.7 Å². The van der Waals surface area contributed by atoms with E-state index in [2.05, 4.69) is 10.1 Å². The quantitative estimate of drug-likeness (QED) is 0.676. The van der Waals surface area contributed by atoms with Crippen molar-refractivity contribution >= 4 is 5.91 Å². The molecule has 1 amide bonds. The van der Waals surface area contributed by atoms with Crippen LogP contribution >= 0.6 is 0 Å². The Labute approximate surface area is 164 Å². The second kappa shape index (κ2) is 8.25. The van der Waals surface area contributed by atoms with Crippen LogP contribution in [-0.2, 0) is 4.79 Å². The highest BCUT2D eigenvalue weighted by atomic mass is 16.5. The maximum absolute atomic E-state index is 12.5. The van der Waals surface area contributed by atoms with Crippen LogP contribution in [0.3, 0.4) is 0 Å². The van der Waals surface area contributed by atoms with Crippen LogP contribution in [0.25, 0.3) is 11.4 Å². The zero-order valence-electron chi connectivity index (χ0n) is 15.9. The summed E-state index contributed by atoms with van der Waals surface area (Å²) in [5.41, 5.74) is 2.09. The Hall–Kier alpha value is -3.15. The molecular formula is C22H23N3O3. The van der Waals surface area contributed by atoms with Gasteiger partial charge in [-0.25, -0.2) is 0 Å². The summed E-state index contributed by atoms with van der Waals surface area (Å²) < 4.78 is 11.1. The summed E-state index contributed by atoms with van der Waals surface area (Å²) in [4.78, 5) is 19.0. The molecule has 0 bridgehead atoms. The highest BCUT2D eigenvalue weighted by Gasteiger charge is 2.29. The summed E-state index contributed by atoms with van der Waals surface area (Å²) in [6, 6.07) is 17.4. The fraction of sp³-hybridized carbons (Fsp3) is 0.318. The van der Waals surface area contributed by atoms with E-state index in [0.29, 0.717) is 24.0 Å². The molecule has 4 rings (SSSR count). The first-order chi connectivity index (χ1) is 13.7. The lowest BCUT2D eigenvalue weighted by atomic mass is 9.98. The first-order valence-electron chi connectivity index (χ1n) is 9.55. The van der Waals surface area contributed by atoms with Crippen LogP contribution in [0.2, 0.25) is 0 Å². The average Bonchev–Trinajstić information content (AvgIpc) is 3.23. The van der Waals surface area contributed by atoms with Crippen molar-refractivity contribution in [2.45, 2.75) is 25.7 Å². The number of hydrogen-bond donors (Lipinski definition) is 0. The summed E-state index contributed by atoms with van der Waals surface area (Å²) in [6.45, 7) is 3.38. The second-order valence-electron chi connectivity index (χ2n) is 7.11. The van der Waals surface area contributed by atoms with Gasteiger partial charge in [-0.1, -0.05) is 47.1 Å². The average molecular weight is 377 g/mol. The van der Waals surface area contributed by atoms with Gasteiger partial charge in [0.2, 0.25) is 11.7 Å². The number of amides is 1. The number of para-hydroxylation sites is 1. The van der Waals surface area contributed by atoms with E-state index in [9.17, 15) is 4.79 Å². The molecule has 1 atom stereocenters. The van der Waals surface area contributed by atoms with Crippen LogP contribution < -0.4 is 4.74 Å². The third-order valence-corrected chi connectivity index (χ3v) is 4.95. The van der Waals surface area contributed by atoms with Crippen molar-refractivity contribution in [1.29, 1.82) is 0 Å². The van der Waals surface area contributed by atoms with Gasteiger partial charge in [0.05, 0.1) is 5.92 Å². The predicted octanol–water partition coefficient (Wildman–Crippen LogP) is 3.83. The van der Waals surface area contributed by atoms with E-state index in [1.807, 2.05) is 66.4 Å². The largest absolute Gasteiger partial charge is 0.484 e. The predicted molar refractivity (Wildman–Crippen MR) is 105 cm³/mol. The van der Waals surface area contributed by atoms with E-state index in [0.717, 1.165) is 30.5 Å². The standard InChI is InChI=1S/C22H23N3O3/c1-16-7-5-8-17(13-16)21-23-22(28-24-21)18-9-6-12-25(14-18)20(26)15-27-19-10-3-2-4-11-19/h2-5,7-8,10-11,13,18H,6,9,12,14-15H2,1H3. The number of rotatable bonds is 5. The van der Waals surface area contributed by atoms with E-state index in [-0.39, 0.29) is 18.4 Å². The van der Waals surface area contributed by atoms with Crippen molar-refractivity contribution in [2.75, 3.05) is 19.7 Å². The highest BCUT2D eigenvalue weighted by Crippen LogP contribution is 2.28. The summed E-state index contributed by atoms with van der Waals surface area (Å²) in [6.07, 6.45) is 1.84. The number of carbonyl (C=O) groups is 1. The van der Waals surface area contributed by atoms with Crippen molar-refractivity contribution in [3.05, 3.63) is 66.1 Å². The fourth-order valence-electron chi connectivity index (χ4n) is 3.46. The lowest BCUT2D eigenvalue weighted by Crippen LogP contribution is -2.41. The van der Waals surface area contributed by atoms with Crippen LogP contribution in [0, 0.1) is 6.92 Å². The number of hydrogen-bond acceptors (Lipinski definition) is 5. The summed E-state index contributed by atoms with van der Waals surface area (Å²) in [7, 11) is 0. The van der Waals surface area contributed by atoms with Gasteiger partial charge in [0.15, 0.2) is 6.61 Å². The van der Waals surface area contributed by atoms with Gasteiger partial charge in [-0.15, -0.1) is 0 Å². The zero-order valence-corrected chi connectivity index (χ0v) is 15.9. The fourth-order valence-corrected chi connectivity index (χ4v) is 3.46. The Kier molecular flexibility index (Phi) is 5.37. The topological polar surface area (TPSA) is 68.5 Å². The molecule has 1 aliphatic rings. The number of carbonyl (C=O) groups excluding carboxylic acids is 1. The van der Waals surface area contributed by atoms with Crippen LogP contribution in [0.5, 0.6) is 5.75 Å². The molecule has 2 heterocycles. The molecule has 1 saturated heterocycles. The van der Waals surface area contributed by atoms with Gasteiger partial charge in [-0.05, 0) is 38.0 Å². The van der Waals surface area contributed by atoms with Gasteiger partial charge < -0.3 is 14.2 Å². The van der Waals surface area contributed by atoms with Crippen molar-refractivity contribution in [3.8, 4) is 17.1 Å². The maximum atomic E-state index is 12.5. The zero-order chi connectivity index (χ0) is 19.3. The van der Waals surface area contributed by atoms with E-state index < -0.39 is 0 Å². The van der Waals surface area contributed by atoms with E-state index in [1.54, 1.807) is 0 Å². The minimum atomic E-state index is -0.0213. The van der Waals surface area contributed by atoms with Gasteiger partial charge >= 0.3 is 0 Å². The van der Waals surface area contributed by atoms with Gasteiger partial charge in [-0.3, -0.25) is 4.79 Å². The number of piperidine rings is 1. The normalized spacial score (nSPS) is 16.8. The lowest BCUT2D eigenvalue weighted by molar-refractivity contribution is -0.134. The number of ether oxygens (including phenoxy) is 1. The first kappa shape index (κ1) is 18.2. The molecule has 1 aliphatic heterocycles. The highest BCUT2D eigenvalue weighted by molar-refractivity contribution is 5.78. The third kappa shape index (κ3) is 4.22. The Morgan fingerprint density at radius 2 is 2.07 bits per heavy atom. The first-order valence-corrected chi connectivity index (χ1v) is 9.55. The molecule has 1 fully saturated rings. The molecule has 0 radical (unpaired) electrons. The maximum Gasteiger partial charge on any atom is 0.260 e. The minimum Gasteiger partial charge on any atom is -0.484 e. The lowest BCUT2D eigenvalue weighted by Gasteiger charge is -2.30. The summed E-state index contributed by atoms with van der Waals surface area (Å²) >= 11 is 0. The molecule has 1 aromatic heterocycles. The Balaban J connectivity index is 1.39. The third-order valence-electron chi connectivity index (χ3n) is 4.95. The minimum absolute atomic E-state index is 0.0213. The number of nitrogens with zero attached hydrogens (tertiary/aromatic N) is 3. The van der Waals surface area contributed by atoms with E-state index in [1.165, 1.54) is 0 Å². The summed E-state index contributed by atoms with van der Waals surface area (Å²) in [5, 5.41) is 4.13. The van der Waals surface area contributed by atoms with Gasteiger partial charge in [0.25, 0.3) is 5.91 Å². The van der Waals surface area contributed by atoms with Crippen molar-refractivity contribution in [2.24, 2.45) is 0 Å². The molecule has 0 aliphatic carbocycles. The van der Waals surface area contributed by atoms with Crippen LogP contribution in [0.4, 0.5) is 0 Å². The van der Waals surface area contributed by atoms with Gasteiger partial charge in [0.1, 0.15) is 5.75 Å². The number of aryl methyl sites for hydroxylation is 1. The molecular weight excluding hydrogens is 354 g/mol. The molecule has 1 unspecified atom stereocenters.